The van der Waals surface area contributed by atoms with E-state index in [9.17, 15) is 9.59 Å². The van der Waals surface area contributed by atoms with Crippen LogP contribution in [0.15, 0.2) is 47.5 Å². The van der Waals surface area contributed by atoms with Crippen molar-refractivity contribution in [2.75, 3.05) is 18.4 Å². The number of hydrogen-bond donors (Lipinski definition) is 4. The highest BCUT2D eigenvalue weighted by atomic mass is 16.2. The fraction of sp³-hybridized carbons (Fsp3) is 0.400. The molecular weight excluding hydrogens is 402 g/mol. The molecule has 7 nitrogen and oxygen atoms in total. The molecule has 1 saturated carbocycles. The SMILES string of the molecule is CC(C)c1cc(C(=O)NC2=NCCCN2)ccc1Nc1cccc(C(=O)NC2(C)CC2)c1. The summed E-state index contributed by atoms with van der Waals surface area (Å²) < 4.78 is 0. The van der Waals surface area contributed by atoms with Gasteiger partial charge >= 0.3 is 0 Å². The van der Waals surface area contributed by atoms with Crippen molar-refractivity contribution in [2.24, 2.45) is 4.99 Å². The Bertz CT molecular complexity index is 1060. The fourth-order valence-electron chi connectivity index (χ4n) is 3.64. The molecule has 32 heavy (non-hydrogen) atoms. The van der Waals surface area contributed by atoms with Crippen LogP contribution in [0.2, 0.25) is 0 Å². The van der Waals surface area contributed by atoms with Crippen LogP contribution < -0.4 is 21.3 Å². The standard InChI is InChI=1S/C25H31N5O2/c1-16(2)20-15-18(22(31)29-24-26-12-5-13-27-24)8-9-21(20)28-19-7-4-6-17(14-19)23(32)30-25(3)10-11-25/h4,6-9,14-16,28H,5,10-13H2,1-3H3,(H,30,32)(H2,26,27,29,31). The van der Waals surface area contributed by atoms with Crippen molar-refractivity contribution in [3.63, 3.8) is 0 Å². The summed E-state index contributed by atoms with van der Waals surface area (Å²) in [5.41, 5.74) is 3.93. The minimum Gasteiger partial charge on any atom is -0.356 e. The Hall–Kier alpha value is -3.35. The topological polar surface area (TPSA) is 94.6 Å². The van der Waals surface area contributed by atoms with Crippen LogP contribution in [0.25, 0.3) is 0 Å². The highest BCUT2D eigenvalue weighted by Crippen LogP contribution is 2.34. The monoisotopic (exact) mass is 433 g/mol. The molecule has 1 heterocycles. The molecule has 168 valence electrons. The van der Waals surface area contributed by atoms with Crippen LogP contribution in [0.5, 0.6) is 0 Å². The van der Waals surface area contributed by atoms with E-state index in [-0.39, 0.29) is 23.3 Å². The fourth-order valence-corrected chi connectivity index (χ4v) is 3.64. The summed E-state index contributed by atoms with van der Waals surface area (Å²) in [7, 11) is 0. The summed E-state index contributed by atoms with van der Waals surface area (Å²) in [6.07, 6.45) is 3.02. The van der Waals surface area contributed by atoms with Crippen molar-refractivity contribution in [1.29, 1.82) is 0 Å². The van der Waals surface area contributed by atoms with E-state index < -0.39 is 0 Å². The Labute approximate surface area is 189 Å². The first kappa shape index (κ1) is 21.9. The number of amides is 2. The van der Waals surface area contributed by atoms with E-state index in [2.05, 4.69) is 47.0 Å². The third kappa shape index (κ3) is 5.28. The smallest absolute Gasteiger partial charge is 0.257 e. The molecule has 0 bridgehead atoms. The maximum absolute atomic E-state index is 12.7. The number of anilines is 2. The van der Waals surface area contributed by atoms with E-state index in [1.165, 1.54) is 0 Å². The van der Waals surface area contributed by atoms with E-state index in [1.54, 1.807) is 6.07 Å². The van der Waals surface area contributed by atoms with E-state index in [1.807, 2.05) is 36.4 Å². The first-order valence-corrected chi connectivity index (χ1v) is 11.3. The van der Waals surface area contributed by atoms with Gasteiger partial charge in [-0.05, 0) is 74.1 Å². The van der Waals surface area contributed by atoms with E-state index in [0.717, 1.165) is 49.3 Å². The minimum atomic E-state index is -0.182. The third-order valence-electron chi connectivity index (χ3n) is 5.88. The van der Waals surface area contributed by atoms with Gasteiger partial charge in [-0.25, -0.2) is 0 Å². The second-order valence-electron chi connectivity index (χ2n) is 9.14. The molecule has 1 aliphatic heterocycles. The van der Waals surface area contributed by atoms with Crippen molar-refractivity contribution < 1.29 is 9.59 Å². The molecular formula is C25H31N5O2. The number of rotatable bonds is 6. The second-order valence-corrected chi connectivity index (χ2v) is 9.14. The number of guanidine groups is 1. The molecule has 4 rings (SSSR count). The Balaban J connectivity index is 1.51. The van der Waals surface area contributed by atoms with Gasteiger partial charge in [0.15, 0.2) is 5.96 Å². The molecule has 0 atom stereocenters. The number of carbonyl (C=O) groups is 2. The van der Waals surface area contributed by atoms with Gasteiger partial charge in [-0.15, -0.1) is 0 Å². The summed E-state index contributed by atoms with van der Waals surface area (Å²) in [5, 5.41) is 12.5. The van der Waals surface area contributed by atoms with Gasteiger partial charge in [-0.1, -0.05) is 19.9 Å². The first-order valence-electron chi connectivity index (χ1n) is 11.3. The Morgan fingerprint density at radius 1 is 1.06 bits per heavy atom. The summed E-state index contributed by atoms with van der Waals surface area (Å²) in [6.45, 7) is 7.79. The number of nitrogens with one attached hydrogen (secondary N) is 4. The molecule has 1 aliphatic carbocycles. The van der Waals surface area contributed by atoms with Crippen molar-refractivity contribution >= 4 is 29.1 Å². The van der Waals surface area contributed by atoms with Gasteiger partial charge in [0, 0.05) is 41.1 Å². The molecule has 0 aromatic heterocycles. The van der Waals surface area contributed by atoms with Crippen LogP contribution in [0.1, 0.15) is 72.2 Å². The number of carbonyl (C=O) groups excluding carboxylic acids is 2. The normalized spacial score (nSPS) is 16.6. The maximum atomic E-state index is 12.7. The van der Waals surface area contributed by atoms with Gasteiger partial charge in [0.1, 0.15) is 0 Å². The lowest BCUT2D eigenvalue weighted by atomic mass is 9.98. The Morgan fingerprint density at radius 2 is 1.84 bits per heavy atom. The van der Waals surface area contributed by atoms with Gasteiger partial charge in [-0.2, -0.15) is 0 Å². The zero-order valence-corrected chi connectivity index (χ0v) is 18.9. The van der Waals surface area contributed by atoms with Crippen molar-refractivity contribution in [3.05, 3.63) is 59.2 Å². The van der Waals surface area contributed by atoms with Crippen LogP contribution in [0, 0.1) is 0 Å². The average molecular weight is 434 g/mol. The lowest BCUT2D eigenvalue weighted by Crippen LogP contribution is -2.43. The molecule has 2 aromatic carbocycles. The molecule has 0 saturated heterocycles. The predicted octanol–water partition coefficient (Wildman–Crippen LogP) is 3.92. The number of benzene rings is 2. The van der Waals surface area contributed by atoms with Crippen LogP contribution in [0.3, 0.4) is 0 Å². The molecule has 4 N–H and O–H groups in total. The number of nitrogens with zero attached hydrogens (tertiary/aromatic N) is 1. The van der Waals surface area contributed by atoms with Crippen LogP contribution in [-0.2, 0) is 0 Å². The van der Waals surface area contributed by atoms with E-state index in [4.69, 9.17) is 0 Å². The zero-order valence-electron chi connectivity index (χ0n) is 18.9. The van der Waals surface area contributed by atoms with Crippen LogP contribution in [-0.4, -0.2) is 36.4 Å². The van der Waals surface area contributed by atoms with Crippen molar-refractivity contribution in [3.8, 4) is 0 Å². The summed E-state index contributed by atoms with van der Waals surface area (Å²) in [5.74, 6) is 0.504. The summed E-state index contributed by atoms with van der Waals surface area (Å²) >= 11 is 0. The van der Waals surface area contributed by atoms with Crippen molar-refractivity contribution in [1.82, 2.24) is 16.0 Å². The summed E-state index contributed by atoms with van der Waals surface area (Å²) in [4.78, 5) is 29.6. The van der Waals surface area contributed by atoms with Crippen LogP contribution >= 0.6 is 0 Å². The predicted molar refractivity (Wildman–Crippen MR) is 128 cm³/mol. The minimum absolute atomic E-state index is 0.0519. The van der Waals surface area contributed by atoms with Crippen LogP contribution in [0.4, 0.5) is 11.4 Å². The quantitative estimate of drug-likeness (QED) is 0.555. The summed E-state index contributed by atoms with van der Waals surface area (Å²) in [6, 6.07) is 13.1. The zero-order chi connectivity index (χ0) is 22.7. The molecule has 2 aliphatic rings. The number of hydrogen-bond acceptors (Lipinski definition) is 5. The lowest BCUT2D eigenvalue weighted by Gasteiger charge is -2.18. The van der Waals surface area contributed by atoms with Gasteiger partial charge in [0.2, 0.25) is 0 Å². The molecule has 0 unspecified atom stereocenters. The highest BCUT2D eigenvalue weighted by molar-refractivity contribution is 6.06. The molecule has 0 spiro atoms. The maximum Gasteiger partial charge on any atom is 0.257 e. The van der Waals surface area contributed by atoms with Gasteiger partial charge in [0.25, 0.3) is 11.8 Å². The Kier molecular flexibility index (Phi) is 6.17. The lowest BCUT2D eigenvalue weighted by molar-refractivity contribution is 0.0933. The number of aliphatic imine (C=N–C) groups is 1. The second kappa shape index (κ2) is 9.02. The van der Waals surface area contributed by atoms with Gasteiger partial charge in [0.05, 0.1) is 0 Å². The third-order valence-corrected chi connectivity index (χ3v) is 5.88. The highest BCUT2D eigenvalue weighted by Gasteiger charge is 2.38. The van der Waals surface area contributed by atoms with Gasteiger partial charge < -0.3 is 16.0 Å². The van der Waals surface area contributed by atoms with E-state index >= 15 is 0 Å². The first-order chi connectivity index (χ1) is 15.3. The largest absolute Gasteiger partial charge is 0.356 e. The average Bonchev–Trinajstić information content (AvgIpc) is 3.51. The molecule has 2 aromatic rings. The Morgan fingerprint density at radius 3 is 2.53 bits per heavy atom. The molecule has 1 fully saturated rings. The van der Waals surface area contributed by atoms with Gasteiger partial charge in [-0.3, -0.25) is 19.9 Å². The molecule has 2 amide bonds. The van der Waals surface area contributed by atoms with Crippen molar-refractivity contribution in [2.45, 2.75) is 51.5 Å². The molecule has 0 radical (unpaired) electrons. The molecule has 7 heteroatoms. The van der Waals surface area contributed by atoms with E-state index in [0.29, 0.717) is 17.1 Å².